The minimum atomic E-state index is -1.40. The fraction of sp³-hybridized carbons (Fsp3) is 0.688. The molecule has 1 unspecified atom stereocenters. The van der Waals surface area contributed by atoms with Crippen LogP contribution in [-0.2, 0) is 12.3 Å². The van der Waals surface area contributed by atoms with Crippen LogP contribution in [0.2, 0.25) is 0 Å². The van der Waals surface area contributed by atoms with Crippen LogP contribution in [-0.4, -0.2) is 87.7 Å². The van der Waals surface area contributed by atoms with Crippen LogP contribution in [0.25, 0.3) is 0 Å². The van der Waals surface area contributed by atoms with Gasteiger partial charge in [0.1, 0.15) is 5.01 Å². The zero-order chi connectivity index (χ0) is 19.2. The van der Waals surface area contributed by atoms with E-state index in [-0.39, 0.29) is 0 Å². The molecule has 0 spiro atoms. The molecular weight excluding hydrogens is 402 g/mol. The summed E-state index contributed by atoms with van der Waals surface area (Å²) in [7, 11) is 6.22. The monoisotopic (exact) mass is 429 g/mol. The molecule has 2 aromatic heterocycles. The Morgan fingerprint density at radius 3 is 2.89 bits per heavy atom. The average Bonchev–Trinajstić information content (AvgIpc) is 3.21. The van der Waals surface area contributed by atoms with Crippen molar-refractivity contribution in [1.82, 2.24) is 23.5 Å². The summed E-state index contributed by atoms with van der Waals surface area (Å²) < 4.78 is 18.9. The van der Waals surface area contributed by atoms with Crippen LogP contribution in [0.1, 0.15) is 10.7 Å². The fourth-order valence-electron chi connectivity index (χ4n) is 2.76. The van der Waals surface area contributed by atoms with Crippen LogP contribution in [0.5, 0.6) is 0 Å². The first kappa shape index (κ1) is 20.7. The molecule has 8 nitrogen and oxygen atoms in total. The number of H-pyrrole nitrogens is 1. The van der Waals surface area contributed by atoms with Crippen molar-refractivity contribution >= 4 is 40.1 Å². The van der Waals surface area contributed by atoms with E-state index < -0.39 is 11.1 Å². The highest BCUT2D eigenvalue weighted by atomic mass is 32.2. The summed E-state index contributed by atoms with van der Waals surface area (Å²) in [6.07, 6.45) is 0. The summed E-state index contributed by atoms with van der Waals surface area (Å²) in [6.45, 7) is 5.31. The highest BCUT2D eigenvalue weighted by molar-refractivity contribution is 7.98. The van der Waals surface area contributed by atoms with E-state index in [2.05, 4.69) is 59.9 Å². The number of rotatable bonds is 8. The van der Waals surface area contributed by atoms with Gasteiger partial charge in [-0.2, -0.15) is 11.8 Å². The van der Waals surface area contributed by atoms with Crippen molar-refractivity contribution in [3.05, 3.63) is 21.6 Å². The van der Waals surface area contributed by atoms with E-state index in [9.17, 15) is 4.55 Å². The van der Waals surface area contributed by atoms with E-state index >= 15 is 0 Å². The van der Waals surface area contributed by atoms with E-state index in [1.54, 1.807) is 11.3 Å². The second-order valence-corrected chi connectivity index (χ2v) is 9.74. The van der Waals surface area contributed by atoms with Crippen LogP contribution in [0.3, 0.4) is 0 Å². The van der Waals surface area contributed by atoms with Crippen LogP contribution < -0.4 is 10.4 Å². The Kier molecular flexibility index (Phi) is 7.67. The molecule has 150 valence electrons. The van der Waals surface area contributed by atoms with Gasteiger partial charge in [-0.05, 0) is 21.1 Å². The highest BCUT2D eigenvalue weighted by Crippen LogP contribution is 2.17. The zero-order valence-electron chi connectivity index (χ0n) is 16.1. The number of likely N-dealkylation sites (N-methyl/N-ethyl adjacent to an activating group) is 1. The Labute approximate surface area is 171 Å². The largest absolute Gasteiger partial charge is 0.548 e. The molecule has 0 aliphatic carbocycles. The lowest BCUT2D eigenvalue weighted by Gasteiger charge is -2.31. The van der Waals surface area contributed by atoms with E-state index in [1.807, 2.05) is 11.8 Å². The maximum Gasteiger partial charge on any atom is 0.234 e. The Morgan fingerprint density at radius 1 is 1.37 bits per heavy atom. The molecule has 2 aromatic rings. The first-order valence-corrected chi connectivity index (χ1v) is 12.1. The van der Waals surface area contributed by atoms with Crippen molar-refractivity contribution in [2.45, 2.75) is 12.3 Å². The standard InChI is InChI=1S/C16H27N7OS3/c1-21(2)10-14-18-13(12-26-14)11-25-9-4-17-15-16(20-27(24)19-15)23-7-5-22(3)6-8-23/h12H,4-11H2,1-3H3,(H,17,19). The lowest BCUT2D eigenvalue weighted by molar-refractivity contribution is 0.312. The topological polar surface area (TPSA) is 86.7 Å². The van der Waals surface area contributed by atoms with Gasteiger partial charge in [0.25, 0.3) is 0 Å². The van der Waals surface area contributed by atoms with Gasteiger partial charge in [-0.25, -0.2) is 4.98 Å². The van der Waals surface area contributed by atoms with Gasteiger partial charge in [0.2, 0.25) is 11.3 Å². The number of hydrogen-bond acceptors (Lipinski definition) is 9. The summed E-state index contributed by atoms with van der Waals surface area (Å²) in [4.78, 5) is 15.8. The lowest BCUT2D eigenvalue weighted by Crippen LogP contribution is -2.46. The predicted octanol–water partition coefficient (Wildman–Crippen LogP) is 1.24. The van der Waals surface area contributed by atoms with Gasteiger partial charge in [-0.1, -0.05) is 0 Å². The van der Waals surface area contributed by atoms with Gasteiger partial charge in [-0.15, -0.1) is 15.7 Å². The first-order chi connectivity index (χ1) is 13.0. The number of piperazine rings is 1. The third-order valence-electron chi connectivity index (χ3n) is 4.17. The molecule has 0 amide bonds. The quantitative estimate of drug-likeness (QED) is 0.499. The second-order valence-electron chi connectivity index (χ2n) is 6.81. The molecule has 3 rings (SSSR count). The van der Waals surface area contributed by atoms with Crippen molar-refractivity contribution in [2.24, 2.45) is 4.99 Å². The van der Waals surface area contributed by atoms with Gasteiger partial charge in [-0.3, -0.25) is 4.99 Å². The number of thiazole rings is 1. The number of thioether (sulfide) groups is 1. The minimum Gasteiger partial charge on any atom is -0.548 e. The molecule has 0 saturated carbocycles. The van der Waals surface area contributed by atoms with Gasteiger partial charge < -0.3 is 19.3 Å². The molecule has 1 atom stereocenters. The van der Waals surface area contributed by atoms with Crippen LogP contribution >= 0.6 is 34.2 Å². The second kappa shape index (κ2) is 9.99. The van der Waals surface area contributed by atoms with Gasteiger partial charge in [0, 0.05) is 54.0 Å². The van der Waals surface area contributed by atoms with Crippen LogP contribution in [0.15, 0.2) is 10.4 Å². The Hall–Kier alpha value is -0.980. The third-order valence-corrected chi connectivity index (χ3v) is 6.73. The van der Waals surface area contributed by atoms with Crippen molar-refractivity contribution in [3.8, 4) is 0 Å². The number of hydrogen-bond donors (Lipinski definition) is 1. The molecule has 1 aliphatic heterocycles. The zero-order valence-corrected chi connectivity index (χ0v) is 18.5. The highest BCUT2D eigenvalue weighted by Gasteiger charge is 2.20. The molecule has 1 N–H and O–H groups in total. The average molecular weight is 430 g/mol. The number of aromatic nitrogens is 3. The smallest absolute Gasteiger partial charge is 0.234 e. The third kappa shape index (κ3) is 6.26. The first-order valence-electron chi connectivity index (χ1n) is 8.92. The maximum atomic E-state index is 11.8. The van der Waals surface area contributed by atoms with E-state index in [1.165, 1.54) is 0 Å². The SMILES string of the molecule is CN(C)Cc1nc(CSCCN=c2[nH][s+]([O-])nc2N2CCN(C)CC2)cs1. The molecule has 1 saturated heterocycles. The molecule has 27 heavy (non-hydrogen) atoms. The van der Waals surface area contributed by atoms with E-state index in [0.29, 0.717) is 12.0 Å². The van der Waals surface area contributed by atoms with Crippen LogP contribution in [0, 0.1) is 0 Å². The van der Waals surface area contributed by atoms with Crippen molar-refractivity contribution in [1.29, 1.82) is 0 Å². The number of nitrogens with zero attached hydrogens (tertiary/aromatic N) is 6. The van der Waals surface area contributed by atoms with Crippen LogP contribution in [0.4, 0.5) is 5.82 Å². The number of aromatic amines is 1. The van der Waals surface area contributed by atoms with E-state index in [4.69, 9.17) is 0 Å². The molecule has 11 heteroatoms. The number of anilines is 1. The molecule has 0 radical (unpaired) electrons. The Morgan fingerprint density at radius 2 is 2.15 bits per heavy atom. The minimum absolute atomic E-state index is 0.667. The summed E-state index contributed by atoms with van der Waals surface area (Å²) in [6, 6.07) is 0. The summed E-state index contributed by atoms with van der Waals surface area (Å²) in [5.74, 6) is 2.54. The Balaban J connectivity index is 1.49. The molecule has 0 aromatic carbocycles. The summed E-state index contributed by atoms with van der Waals surface area (Å²) >= 11 is 2.14. The van der Waals surface area contributed by atoms with Gasteiger partial charge in [0.15, 0.2) is 11.1 Å². The fourth-order valence-corrected chi connectivity index (χ4v) is 5.22. The van der Waals surface area contributed by atoms with E-state index in [0.717, 1.165) is 60.7 Å². The molecular formula is C16H27N7OS3. The molecule has 1 aliphatic rings. The normalized spacial score (nSPS) is 17.3. The summed E-state index contributed by atoms with van der Waals surface area (Å²) in [5.41, 5.74) is 1.80. The van der Waals surface area contributed by atoms with Gasteiger partial charge >= 0.3 is 0 Å². The van der Waals surface area contributed by atoms with Crippen molar-refractivity contribution in [3.63, 3.8) is 0 Å². The van der Waals surface area contributed by atoms with Crippen molar-refractivity contribution < 1.29 is 4.55 Å². The summed E-state index contributed by atoms with van der Waals surface area (Å²) in [5, 5.41) is 3.29. The molecule has 0 bridgehead atoms. The van der Waals surface area contributed by atoms with Gasteiger partial charge in [0.05, 0.1) is 12.2 Å². The lowest BCUT2D eigenvalue weighted by atomic mass is 10.3. The van der Waals surface area contributed by atoms with Crippen molar-refractivity contribution in [2.75, 3.05) is 64.5 Å². The molecule has 1 fully saturated rings. The molecule has 3 heterocycles. The maximum absolute atomic E-state index is 11.8. The predicted molar refractivity (Wildman–Crippen MR) is 113 cm³/mol. The Bertz CT molecular complexity index is 777. The number of nitrogens with one attached hydrogen (secondary N) is 1.